The Morgan fingerprint density at radius 2 is 2.12 bits per heavy atom. The Morgan fingerprint density at radius 3 is 2.77 bits per heavy atom. The maximum Gasteiger partial charge on any atom is 0.257 e. The Hall–Kier alpha value is -1.95. The molecule has 1 atom stereocenters. The molecule has 2 saturated heterocycles. The smallest absolute Gasteiger partial charge is 0.257 e. The number of anilines is 1. The van der Waals surface area contributed by atoms with Crippen molar-refractivity contribution in [1.29, 1.82) is 0 Å². The first-order chi connectivity index (χ1) is 12.5. The van der Waals surface area contributed by atoms with Crippen LogP contribution in [0.5, 0.6) is 0 Å². The first kappa shape index (κ1) is 18.8. The molecule has 1 aromatic carbocycles. The standard InChI is InChI=1S/C20H27FN2O3/c1-3-9-20(14-26-2)10-5-12-23(20)19(25)16-13-15(7-8-17(16)21)22-11-4-6-18(22)24/h7-8,13H,3-6,9-12,14H2,1-2H3. The highest BCUT2D eigenvalue weighted by atomic mass is 19.1. The highest BCUT2D eigenvalue weighted by molar-refractivity contribution is 5.99. The Labute approximate surface area is 154 Å². The van der Waals surface area contributed by atoms with Crippen molar-refractivity contribution < 1.29 is 18.7 Å². The van der Waals surface area contributed by atoms with Gasteiger partial charge in [-0.05, 0) is 43.9 Å². The Balaban J connectivity index is 1.92. The lowest BCUT2D eigenvalue weighted by Gasteiger charge is -2.38. The zero-order valence-electron chi connectivity index (χ0n) is 15.6. The molecule has 0 aromatic heterocycles. The van der Waals surface area contributed by atoms with Gasteiger partial charge in [-0.2, -0.15) is 0 Å². The molecule has 0 radical (unpaired) electrons. The molecular formula is C20H27FN2O3. The predicted molar refractivity (Wildman–Crippen MR) is 97.8 cm³/mol. The highest BCUT2D eigenvalue weighted by Gasteiger charge is 2.43. The topological polar surface area (TPSA) is 49.9 Å². The van der Waals surface area contributed by atoms with Crippen LogP contribution in [0.1, 0.15) is 55.8 Å². The number of methoxy groups -OCH3 is 1. The third-order valence-corrected chi connectivity index (χ3v) is 5.54. The summed E-state index contributed by atoms with van der Waals surface area (Å²) >= 11 is 0. The lowest BCUT2D eigenvalue weighted by molar-refractivity contribution is -0.117. The summed E-state index contributed by atoms with van der Waals surface area (Å²) in [6, 6.07) is 4.40. The fourth-order valence-electron chi connectivity index (χ4n) is 4.38. The molecule has 0 N–H and O–H groups in total. The zero-order valence-corrected chi connectivity index (χ0v) is 15.6. The minimum absolute atomic E-state index is 0.0240. The number of benzene rings is 1. The van der Waals surface area contributed by atoms with E-state index in [4.69, 9.17) is 4.74 Å². The maximum absolute atomic E-state index is 14.5. The molecule has 0 saturated carbocycles. The molecule has 1 unspecified atom stereocenters. The minimum Gasteiger partial charge on any atom is -0.382 e. The van der Waals surface area contributed by atoms with E-state index in [1.54, 1.807) is 23.0 Å². The Kier molecular flexibility index (Phi) is 5.61. The zero-order chi connectivity index (χ0) is 18.7. The van der Waals surface area contributed by atoms with Crippen LogP contribution < -0.4 is 4.90 Å². The second-order valence-corrected chi connectivity index (χ2v) is 7.28. The molecule has 0 spiro atoms. The minimum atomic E-state index is -0.542. The molecule has 2 amide bonds. The molecule has 0 bridgehead atoms. The molecule has 5 nitrogen and oxygen atoms in total. The van der Waals surface area contributed by atoms with E-state index < -0.39 is 5.82 Å². The number of rotatable bonds is 6. The van der Waals surface area contributed by atoms with Crippen LogP contribution in [-0.4, -0.2) is 49.1 Å². The average molecular weight is 362 g/mol. The number of carbonyl (C=O) groups excluding carboxylic acids is 2. The number of hydrogen-bond acceptors (Lipinski definition) is 3. The number of hydrogen-bond donors (Lipinski definition) is 0. The number of carbonyl (C=O) groups is 2. The Morgan fingerprint density at radius 1 is 1.31 bits per heavy atom. The second kappa shape index (κ2) is 7.74. The highest BCUT2D eigenvalue weighted by Crippen LogP contribution is 2.36. The molecule has 1 aromatic rings. The summed E-state index contributed by atoms with van der Waals surface area (Å²) in [5.41, 5.74) is 0.275. The van der Waals surface area contributed by atoms with Crippen molar-refractivity contribution in [1.82, 2.24) is 4.90 Å². The van der Waals surface area contributed by atoms with Crippen LogP contribution in [0.15, 0.2) is 18.2 Å². The van der Waals surface area contributed by atoms with Crippen molar-refractivity contribution in [3.05, 3.63) is 29.6 Å². The second-order valence-electron chi connectivity index (χ2n) is 7.28. The van der Waals surface area contributed by atoms with E-state index >= 15 is 0 Å². The van der Waals surface area contributed by atoms with Crippen molar-refractivity contribution >= 4 is 17.5 Å². The van der Waals surface area contributed by atoms with Gasteiger partial charge in [0.1, 0.15) is 5.82 Å². The molecule has 2 aliphatic rings. The quantitative estimate of drug-likeness (QED) is 0.780. The van der Waals surface area contributed by atoms with Crippen molar-refractivity contribution in [2.24, 2.45) is 0 Å². The maximum atomic E-state index is 14.5. The number of likely N-dealkylation sites (tertiary alicyclic amines) is 1. The molecule has 2 fully saturated rings. The SMILES string of the molecule is CCCC1(COC)CCCN1C(=O)c1cc(N2CCCC2=O)ccc1F. The Bertz CT molecular complexity index is 686. The van der Waals surface area contributed by atoms with Crippen LogP contribution in [0.3, 0.4) is 0 Å². The van der Waals surface area contributed by atoms with E-state index in [1.165, 1.54) is 12.1 Å². The van der Waals surface area contributed by atoms with Gasteiger partial charge in [0, 0.05) is 32.3 Å². The van der Waals surface area contributed by atoms with Gasteiger partial charge in [0.25, 0.3) is 5.91 Å². The summed E-state index contributed by atoms with van der Waals surface area (Å²) < 4.78 is 19.9. The lowest BCUT2D eigenvalue weighted by atomic mass is 9.91. The normalized spacial score (nSPS) is 23.1. The van der Waals surface area contributed by atoms with E-state index in [1.807, 2.05) is 0 Å². The van der Waals surface area contributed by atoms with Gasteiger partial charge in [0.05, 0.1) is 17.7 Å². The van der Waals surface area contributed by atoms with E-state index in [2.05, 4.69) is 6.92 Å². The predicted octanol–water partition coefficient (Wildman–Crippen LogP) is 3.37. The van der Waals surface area contributed by atoms with Gasteiger partial charge in [-0.3, -0.25) is 9.59 Å². The van der Waals surface area contributed by atoms with Crippen LogP contribution in [0.2, 0.25) is 0 Å². The van der Waals surface area contributed by atoms with E-state index in [0.29, 0.717) is 31.8 Å². The molecular weight excluding hydrogens is 335 g/mol. The fourth-order valence-corrected chi connectivity index (χ4v) is 4.38. The van der Waals surface area contributed by atoms with Crippen LogP contribution >= 0.6 is 0 Å². The molecule has 0 aliphatic carbocycles. The monoisotopic (exact) mass is 362 g/mol. The summed E-state index contributed by atoms with van der Waals surface area (Å²) in [6.07, 6.45) is 4.81. The third kappa shape index (κ3) is 3.34. The van der Waals surface area contributed by atoms with E-state index in [0.717, 1.165) is 32.1 Å². The van der Waals surface area contributed by atoms with E-state index in [9.17, 15) is 14.0 Å². The molecule has 3 rings (SSSR count). The van der Waals surface area contributed by atoms with Crippen molar-refractivity contribution in [3.8, 4) is 0 Å². The van der Waals surface area contributed by atoms with Crippen molar-refractivity contribution in [2.75, 3.05) is 31.7 Å². The number of nitrogens with zero attached hydrogens (tertiary/aromatic N) is 2. The largest absolute Gasteiger partial charge is 0.382 e. The van der Waals surface area contributed by atoms with Gasteiger partial charge in [-0.25, -0.2) is 4.39 Å². The summed E-state index contributed by atoms with van der Waals surface area (Å²) in [6.45, 7) is 3.76. The molecule has 6 heteroatoms. The molecule has 2 aliphatic heterocycles. The van der Waals surface area contributed by atoms with Crippen molar-refractivity contribution in [3.63, 3.8) is 0 Å². The van der Waals surface area contributed by atoms with Gasteiger partial charge in [0.2, 0.25) is 5.91 Å². The van der Waals surface area contributed by atoms with Crippen LogP contribution in [0.4, 0.5) is 10.1 Å². The molecule has 26 heavy (non-hydrogen) atoms. The third-order valence-electron chi connectivity index (χ3n) is 5.54. The van der Waals surface area contributed by atoms with Gasteiger partial charge in [-0.1, -0.05) is 13.3 Å². The van der Waals surface area contributed by atoms with Gasteiger partial charge < -0.3 is 14.5 Å². The number of amides is 2. The van der Waals surface area contributed by atoms with Gasteiger partial charge in [0.15, 0.2) is 0 Å². The number of ether oxygens (including phenoxy) is 1. The fraction of sp³-hybridized carbons (Fsp3) is 0.600. The lowest BCUT2D eigenvalue weighted by Crippen LogP contribution is -2.50. The first-order valence-corrected chi connectivity index (χ1v) is 9.43. The van der Waals surface area contributed by atoms with Gasteiger partial charge >= 0.3 is 0 Å². The summed E-state index contributed by atoms with van der Waals surface area (Å²) in [7, 11) is 1.64. The number of halogens is 1. The molecule has 2 heterocycles. The van der Waals surface area contributed by atoms with Gasteiger partial charge in [-0.15, -0.1) is 0 Å². The average Bonchev–Trinajstić information content (AvgIpc) is 3.22. The van der Waals surface area contributed by atoms with E-state index in [-0.39, 0.29) is 22.9 Å². The summed E-state index contributed by atoms with van der Waals surface area (Å²) in [4.78, 5) is 28.6. The summed E-state index contributed by atoms with van der Waals surface area (Å²) in [5.74, 6) is -0.824. The summed E-state index contributed by atoms with van der Waals surface area (Å²) in [5, 5.41) is 0. The van der Waals surface area contributed by atoms with Crippen LogP contribution in [0, 0.1) is 5.82 Å². The van der Waals surface area contributed by atoms with Crippen LogP contribution in [0.25, 0.3) is 0 Å². The first-order valence-electron chi connectivity index (χ1n) is 9.43. The van der Waals surface area contributed by atoms with Crippen LogP contribution in [-0.2, 0) is 9.53 Å². The van der Waals surface area contributed by atoms with Crippen molar-refractivity contribution in [2.45, 2.75) is 51.0 Å². The molecule has 142 valence electrons.